The van der Waals surface area contributed by atoms with Crippen molar-refractivity contribution in [1.82, 2.24) is 14.8 Å². The number of nitrogens with zero attached hydrogens (tertiary/aromatic N) is 3. The number of hydrogen-bond acceptors (Lipinski definition) is 5. The Labute approximate surface area is 125 Å². The van der Waals surface area contributed by atoms with Gasteiger partial charge in [0, 0.05) is 39.0 Å². The fraction of sp³-hybridized carbons (Fsp3) is 0.692. The van der Waals surface area contributed by atoms with E-state index in [0.29, 0.717) is 11.4 Å². The molecule has 0 saturated carbocycles. The lowest BCUT2D eigenvalue weighted by Gasteiger charge is -2.36. The van der Waals surface area contributed by atoms with Crippen LogP contribution in [0.3, 0.4) is 0 Å². The van der Waals surface area contributed by atoms with E-state index in [1.165, 1.54) is 17.5 Å². The number of aliphatic hydroxyl groups is 1. The molecule has 0 bridgehead atoms. The van der Waals surface area contributed by atoms with Gasteiger partial charge in [-0.1, -0.05) is 0 Å². The predicted octanol–water partition coefficient (Wildman–Crippen LogP) is 1.06. The van der Waals surface area contributed by atoms with E-state index in [2.05, 4.69) is 4.98 Å². The van der Waals surface area contributed by atoms with Crippen LogP contribution in [0, 0.1) is 0 Å². The molecule has 0 unspecified atom stereocenters. The summed E-state index contributed by atoms with van der Waals surface area (Å²) in [7, 11) is 0. The maximum absolute atomic E-state index is 13.2. The summed E-state index contributed by atoms with van der Waals surface area (Å²) in [6, 6.07) is -0.252. The zero-order chi connectivity index (χ0) is 15.0. The topological polar surface area (TPSA) is 56.7 Å². The second-order valence-electron chi connectivity index (χ2n) is 5.60. The normalized spacial score (nSPS) is 29.8. The molecule has 3 heterocycles. The highest BCUT2D eigenvalue weighted by Gasteiger charge is 2.42. The van der Waals surface area contributed by atoms with Gasteiger partial charge in [0.25, 0.3) is 11.8 Å². The molecule has 0 radical (unpaired) electrons. The summed E-state index contributed by atoms with van der Waals surface area (Å²) < 4.78 is 26.4. The van der Waals surface area contributed by atoms with Gasteiger partial charge in [-0.25, -0.2) is 8.78 Å². The maximum Gasteiger partial charge on any atom is 0.265 e. The molecule has 0 aliphatic carbocycles. The van der Waals surface area contributed by atoms with Gasteiger partial charge in [-0.3, -0.25) is 14.7 Å². The Kier molecular flexibility index (Phi) is 3.94. The van der Waals surface area contributed by atoms with Gasteiger partial charge in [-0.05, 0) is 0 Å². The minimum absolute atomic E-state index is 0.151. The van der Waals surface area contributed by atoms with Crippen LogP contribution >= 0.6 is 11.3 Å². The fourth-order valence-electron chi connectivity index (χ4n) is 2.95. The van der Waals surface area contributed by atoms with Crippen LogP contribution in [0.4, 0.5) is 8.78 Å². The average Bonchev–Trinajstić information content (AvgIpc) is 3.08. The van der Waals surface area contributed by atoms with Gasteiger partial charge in [-0.15, -0.1) is 11.3 Å². The van der Waals surface area contributed by atoms with Gasteiger partial charge >= 0.3 is 0 Å². The molecule has 1 aromatic rings. The minimum atomic E-state index is -2.60. The number of carbonyl (C=O) groups excluding carboxylic acids is 1. The Morgan fingerprint density at radius 3 is 2.71 bits per heavy atom. The fourth-order valence-corrected chi connectivity index (χ4v) is 3.54. The molecule has 21 heavy (non-hydrogen) atoms. The van der Waals surface area contributed by atoms with Crippen LogP contribution in [0.25, 0.3) is 0 Å². The van der Waals surface area contributed by atoms with Gasteiger partial charge in [-0.2, -0.15) is 0 Å². The molecule has 8 heteroatoms. The van der Waals surface area contributed by atoms with Crippen LogP contribution in [0.15, 0.2) is 11.7 Å². The third-order valence-corrected chi connectivity index (χ3v) is 4.95. The van der Waals surface area contributed by atoms with E-state index in [9.17, 15) is 18.7 Å². The maximum atomic E-state index is 13.2. The number of piperidine rings is 1. The van der Waals surface area contributed by atoms with E-state index in [4.69, 9.17) is 0 Å². The number of carbonyl (C=O) groups is 1. The molecule has 3 rings (SSSR count). The van der Waals surface area contributed by atoms with Gasteiger partial charge in [0.2, 0.25) is 0 Å². The lowest BCUT2D eigenvalue weighted by molar-refractivity contribution is -0.0697. The number of halogens is 2. The molecule has 1 N–H and O–H groups in total. The van der Waals surface area contributed by atoms with Gasteiger partial charge in [0.05, 0.1) is 23.9 Å². The Bertz CT molecular complexity index is 502. The zero-order valence-electron chi connectivity index (χ0n) is 11.4. The van der Waals surface area contributed by atoms with Crippen molar-refractivity contribution >= 4 is 17.2 Å². The number of rotatable bonds is 2. The molecule has 116 valence electrons. The lowest BCUT2D eigenvalue weighted by Crippen LogP contribution is -2.49. The Hall–Kier alpha value is -1.12. The van der Waals surface area contributed by atoms with Crippen LogP contribution in [-0.2, 0) is 0 Å². The monoisotopic (exact) mass is 317 g/mol. The Balaban J connectivity index is 1.63. The van der Waals surface area contributed by atoms with Crippen molar-refractivity contribution in [1.29, 1.82) is 0 Å². The second kappa shape index (κ2) is 5.58. The summed E-state index contributed by atoms with van der Waals surface area (Å²) in [6.07, 6.45) is 0.459. The number of aliphatic hydroxyl groups excluding tert-OH is 1. The zero-order valence-corrected chi connectivity index (χ0v) is 12.2. The third-order valence-electron chi connectivity index (χ3n) is 4.19. The molecule has 0 aromatic carbocycles. The molecular weight excluding hydrogens is 300 g/mol. The van der Waals surface area contributed by atoms with Crippen molar-refractivity contribution in [2.75, 3.05) is 26.2 Å². The minimum Gasteiger partial charge on any atom is -0.390 e. The number of β-amino-alcohol motifs (C(OH)–C–C–N with tert-alkyl or cyclic N) is 1. The lowest BCUT2D eigenvalue weighted by atomic mass is 10.0. The predicted molar refractivity (Wildman–Crippen MR) is 73.6 cm³/mol. The molecule has 2 aliphatic rings. The largest absolute Gasteiger partial charge is 0.390 e. The van der Waals surface area contributed by atoms with Crippen LogP contribution in [0.5, 0.6) is 0 Å². The van der Waals surface area contributed by atoms with Gasteiger partial charge < -0.3 is 10.0 Å². The quantitative estimate of drug-likeness (QED) is 0.886. The summed E-state index contributed by atoms with van der Waals surface area (Å²) in [4.78, 5) is 20.1. The number of aromatic nitrogens is 1. The van der Waals surface area contributed by atoms with E-state index in [0.717, 1.165) is 0 Å². The first-order valence-electron chi connectivity index (χ1n) is 6.94. The first-order chi connectivity index (χ1) is 9.96. The summed E-state index contributed by atoms with van der Waals surface area (Å²) in [6.45, 7) is 1.15. The van der Waals surface area contributed by atoms with Crippen molar-refractivity contribution < 1.29 is 18.7 Å². The molecule has 2 atom stereocenters. The number of hydrogen-bond donors (Lipinski definition) is 1. The highest BCUT2D eigenvalue weighted by Crippen LogP contribution is 2.30. The first kappa shape index (κ1) is 14.8. The number of alkyl halides is 2. The van der Waals surface area contributed by atoms with Crippen LogP contribution < -0.4 is 0 Å². The Morgan fingerprint density at radius 1 is 1.38 bits per heavy atom. The second-order valence-corrected chi connectivity index (χ2v) is 6.49. The standard InChI is InChI=1S/C13H17F2N3O2S/c14-13(15)1-3-17(4-2-13)9-6-18(7-10(9)19)12(20)11-5-16-8-21-11/h5,8-10,19H,1-4,6-7H2/t9-,10-/m1/s1. The van der Waals surface area contributed by atoms with Crippen molar-refractivity contribution in [3.05, 3.63) is 16.6 Å². The van der Waals surface area contributed by atoms with E-state index >= 15 is 0 Å². The molecule has 2 saturated heterocycles. The van der Waals surface area contributed by atoms with E-state index in [1.54, 1.807) is 10.4 Å². The SMILES string of the molecule is O=C(c1cncs1)N1C[C@@H](O)[C@H](N2CCC(F)(F)CC2)C1. The molecule has 2 aliphatic heterocycles. The summed E-state index contributed by atoms with van der Waals surface area (Å²) >= 11 is 1.26. The average molecular weight is 317 g/mol. The third kappa shape index (κ3) is 3.07. The van der Waals surface area contributed by atoms with E-state index < -0.39 is 12.0 Å². The molecular formula is C13H17F2N3O2S. The van der Waals surface area contributed by atoms with Crippen molar-refractivity contribution in [2.45, 2.75) is 30.9 Å². The van der Waals surface area contributed by atoms with E-state index in [-0.39, 0.29) is 44.4 Å². The summed E-state index contributed by atoms with van der Waals surface area (Å²) in [5, 5.41) is 10.2. The molecule has 0 spiro atoms. The molecule has 1 amide bonds. The summed E-state index contributed by atoms with van der Waals surface area (Å²) in [5.74, 6) is -2.75. The molecule has 5 nitrogen and oxygen atoms in total. The highest BCUT2D eigenvalue weighted by molar-refractivity contribution is 7.11. The first-order valence-corrected chi connectivity index (χ1v) is 7.82. The van der Waals surface area contributed by atoms with Crippen molar-refractivity contribution in [3.63, 3.8) is 0 Å². The molecule has 2 fully saturated rings. The highest BCUT2D eigenvalue weighted by atomic mass is 32.1. The number of amides is 1. The van der Waals surface area contributed by atoms with Crippen LogP contribution in [0.2, 0.25) is 0 Å². The Morgan fingerprint density at radius 2 is 2.10 bits per heavy atom. The number of likely N-dealkylation sites (tertiary alicyclic amines) is 2. The summed E-state index contributed by atoms with van der Waals surface area (Å²) in [5.41, 5.74) is 1.59. The van der Waals surface area contributed by atoms with Crippen molar-refractivity contribution in [3.8, 4) is 0 Å². The molecule has 1 aromatic heterocycles. The van der Waals surface area contributed by atoms with Crippen LogP contribution in [0.1, 0.15) is 22.5 Å². The van der Waals surface area contributed by atoms with Crippen molar-refractivity contribution in [2.24, 2.45) is 0 Å². The van der Waals surface area contributed by atoms with Crippen LogP contribution in [-0.4, -0.2) is 70.0 Å². The smallest absolute Gasteiger partial charge is 0.265 e. The van der Waals surface area contributed by atoms with Gasteiger partial charge in [0.1, 0.15) is 4.88 Å². The number of thiazole rings is 1. The van der Waals surface area contributed by atoms with Gasteiger partial charge in [0.15, 0.2) is 0 Å². The van der Waals surface area contributed by atoms with E-state index in [1.807, 2.05) is 4.90 Å².